The molecule has 0 aliphatic carbocycles. The number of sulfonamides is 1. The lowest BCUT2D eigenvalue weighted by atomic mass is 10.1. The van der Waals surface area contributed by atoms with Gasteiger partial charge in [-0.1, -0.05) is 29.8 Å². The summed E-state index contributed by atoms with van der Waals surface area (Å²) < 4.78 is 45.6. The van der Waals surface area contributed by atoms with Gasteiger partial charge in [0.05, 0.1) is 29.8 Å². The molecule has 1 saturated heterocycles. The van der Waals surface area contributed by atoms with Gasteiger partial charge in [0.2, 0.25) is 10.0 Å². The van der Waals surface area contributed by atoms with Crippen LogP contribution in [0.2, 0.25) is 0 Å². The van der Waals surface area contributed by atoms with Gasteiger partial charge >= 0.3 is 0 Å². The van der Waals surface area contributed by atoms with Gasteiger partial charge in [-0.2, -0.15) is 0 Å². The third-order valence-corrected chi connectivity index (χ3v) is 6.01. The van der Waals surface area contributed by atoms with Crippen molar-refractivity contribution in [3.63, 3.8) is 0 Å². The maximum Gasteiger partial charge on any atom is 0.240 e. The lowest BCUT2D eigenvalue weighted by Gasteiger charge is -2.19. The number of nitrogens with one attached hydrogen (secondary N) is 2. The van der Waals surface area contributed by atoms with Crippen molar-refractivity contribution in [2.24, 2.45) is 0 Å². The number of ether oxygens (including phenoxy) is 1. The van der Waals surface area contributed by atoms with Crippen molar-refractivity contribution in [1.29, 1.82) is 0 Å². The second-order valence-corrected chi connectivity index (χ2v) is 8.41. The fraction of sp³-hybridized carbons (Fsp3) is 0.368. The molecule has 1 aliphatic heterocycles. The zero-order valence-electron chi connectivity index (χ0n) is 14.9. The molecule has 1 aliphatic rings. The van der Waals surface area contributed by atoms with E-state index in [1.807, 2.05) is 6.92 Å². The maximum atomic E-state index is 12.9. The topological polar surface area (TPSA) is 87.7 Å². The molecule has 0 aromatic heterocycles. The first-order valence-electron chi connectivity index (χ1n) is 8.69. The van der Waals surface area contributed by atoms with Crippen LogP contribution in [0.1, 0.15) is 11.1 Å². The summed E-state index contributed by atoms with van der Waals surface area (Å²) in [7, 11) is -3.66. The molecule has 2 aromatic rings. The number of rotatable bonds is 7. The van der Waals surface area contributed by atoms with E-state index < -0.39 is 22.2 Å². The van der Waals surface area contributed by atoms with E-state index in [2.05, 4.69) is 10.0 Å². The molecule has 3 atom stereocenters. The van der Waals surface area contributed by atoms with E-state index in [1.165, 1.54) is 24.3 Å². The largest absolute Gasteiger partial charge is 0.389 e. The van der Waals surface area contributed by atoms with Gasteiger partial charge in [0.25, 0.3) is 0 Å². The van der Waals surface area contributed by atoms with Gasteiger partial charge in [-0.25, -0.2) is 17.5 Å². The molecule has 0 unspecified atom stereocenters. The quantitative estimate of drug-likeness (QED) is 0.660. The minimum Gasteiger partial charge on any atom is -0.389 e. The first-order valence-corrected chi connectivity index (χ1v) is 10.2. The van der Waals surface area contributed by atoms with Gasteiger partial charge in [-0.3, -0.25) is 0 Å². The molecule has 6 nitrogen and oxygen atoms in total. The summed E-state index contributed by atoms with van der Waals surface area (Å²) in [4.78, 5) is 0.173. The van der Waals surface area contributed by atoms with Crippen molar-refractivity contribution >= 4 is 10.0 Å². The first-order chi connectivity index (χ1) is 12.8. The van der Waals surface area contributed by atoms with Gasteiger partial charge in [-0.05, 0) is 36.8 Å². The fourth-order valence-electron chi connectivity index (χ4n) is 2.89. The standard InChI is InChI=1S/C19H23FN2O4S/c1-13-2-8-16(9-3-13)27(24,25)22-11-18-19(23)17(12-26-18)21-10-14-4-6-15(20)7-5-14/h2-9,17-19,21-23H,10-12H2,1H3/t17-,18-,19+/m1/s1. The Kier molecular flexibility index (Phi) is 6.23. The van der Waals surface area contributed by atoms with Crippen LogP contribution in [0, 0.1) is 12.7 Å². The molecule has 3 N–H and O–H groups in total. The van der Waals surface area contributed by atoms with Crippen molar-refractivity contribution in [2.75, 3.05) is 13.2 Å². The monoisotopic (exact) mass is 394 g/mol. The summed E-state index contributed by atoms with van der Waals surface area (Å²) in [5, 5.41) is 13.5. The molecule has 146 valence electrons. The number of halogens is 1. The molecule has 0 bridgehead atoms. The van der Waals surface area contributed by atoms with Crippen LogP contribution in [0.25, 0.3) is 0 Å². The highest BCUT2D eigenvalue weighted by Crippen LogP contribution is 2.16. The molecule has 1 fully saturated rings. The van der Waals surface area contributed by atoms with Crippen LogP contribution in [0.15, 0.2) is 53.4 Å². The average molecular weight is 394 g/mol. The molecular weight excluding hydrogens is 371 g/mol. The molecular formula is C19H23FN2O4S. The molecule has 0 radical (unpaired) electrons. The Morgan fingerprint density at radius 1 is 1.15 bits per heavy atom. The maximum absolute atomic E-state index is 12.9. The lowest BCUT2D eigenvalue weighted by molar-refractivity contribution is 0.0443. The van der Waals surface area contributed by atoms with E-state index in [-0.39, 0.29) is 29.9 Å². The molecule has 8 heteroatoms. The first kappa shape index (κ1) is 19.9. The van der Waals surface area contributed by atoms with Crippen LogP contribution in [-0.4, -0.2) is 44.9 Å². The van der Waals surface area contributed by atoms with E-state index in [1.54, 1.807) is 24.3 Å². The molecule has 2 aromatic carbocycles. The molecule has 3 rings (SSSR count). The zero-order valence-corrected chi connectivity index (χ0v) is 15.7. The lowest BCUT2D eigenvalue weighted by Crippen LogP contribution is -2.44. The van der Waals surface area contributed by atoms with Gasteiger partial charge in [0.15, 0.2) is 0 Å². The van der Waals surface area contributed by atoms with E-state index >= 15 is 0 Å². The number of aryl methyl sites for hydroxylation is 1. The minimum absolute atomic E-state index is 0.0217. The highest BCUT2D eigenvalue weighted by molar-refractivity contribution is 7.89. The Hall–Kier alpha value is -1.84. The van der Waals surface area contributed by atoms with E-state index in [0.29, 0.717) is 6.54 Å². The van der Waals surface area contributed by atoms with Crippen molar-refractivity contribution in [2.45, 2.75) is 36.6 Å². The number of aliphatic hydroxyl groups excluding tert-OH is 1. The Labute approximate surface area is 158 Å². The summed E-state index contributed by atoms with van der Waals surface area (Å²) in [5.74, 6) is -0.302. The van der Waals surface area contributed by atoms with Crippen molar-refractivity contribution in [3.8, 4) is 0 Å². The number of hydrogen-bond donors (Lipinski definition) is 3. The van der Waals surface area contributed by atoms with Gasteiger partial charge in [-0.15, -0.1) is 0 Å². The molecule has 27 heavy (non-hydrogen) atoms. The van der Waals surface area contributed by atoms with Crippen LogP contribution in [-0.2, 0) is 21.3 Å². The molecule has 1 heterocycles. The number of benzene rings is 2. The summed E-state index contributed by atoms with van der Waals surface area (Å²) in [6.45, 7) is 2.57. The summed E-state index contributed by atoms with van der Waals surface area (Å²) in [6.07, 6.45) is -1.50. The van der Waals surface area contributed by atoms with Gasteiger partial charge < -0.3 is 15.2 Å². The van der Waals surface area contributed by atoms with Crippen molar-refractivity contribution in [3.05, 3.63) is 65.5 Å². The van der Waals surface area contributed by atoms with Crippen LogP contribution < -0.4 is 10.0 Å². The Morgan fingerprint density at radius 2 is 1.81 bits per heavy atom. The summed E-state index contributed by atoms with van der Waals surface area (Å²) in [5.41, 5.74) is 1.85. The zero-order chi connectivity index (χ0) is 19.4. The molecule has 0 saturated carbocycles. The minimum atomic E-state index is -3.66. The predicted octanol–water partition coefficient (Wildman–Crippen LogP) is 1.33. The Balaban J connectivity index is 1.51. The van der Waals surface area contributed by atoms with E-state index in [4.69, 9.17) is 4.74 Å². The smallest absolute Gasteiger partial charge is 0.240 e. The number of aliphatic hydroxyl groups is 1. The van der Waals surface area contributed by atoms with Crippen LogP contribution in [0.4, 0.5) is 4.39 Å². The van der Waals surface area contributed by atoms with Gasteiger partial charge in [0.1, 0.15) is 5.82 Å². The average Bonchev–Trinajstić information content (AvgIpc) is 3.00. The van der Waals surface area contributed by atoms with Gasteiger partial charge in [0, 0.05) is 13.1 Å². The van der Waals surface area contributed by atoms with Crippen molar-refractivity contribution < 1.29 is 22.7 Å². The highest BCUT2D eigenvalue weighted by Gasteiger charge is 2.36. The fourth-order valence-corrected chi connectivity index (χ4v) is 3.93. The Bertz CT molecular complexity index is 856. The SMILES string of the molecule is Cc1ccc(S(=O)(=O)NC[C@H]2OC[C@@H](NCc3ccc(F)cc3)[C@@H]2O)cc1. The molecule has 0 amide bonds. The normalized spacial score (nSPS) is 22.9. The second kappa shape index (κ2) is 8.45. The van der Waals surface area contributed by atoms with Crippen LogP contribution in [0.5, 0.6) is 0 Å². The Morgan fingerprint density at radius 3 is 2.48 bits per heavy atom. The van der Waals surface area contributed by atoms with E-state index in [0.717, 1.165) is 11.1 Å². The molecule has 0 spiro atoms. The highest BCUT2D eigenvalue weighted by atomic mass is 32.2. The third kappa shape index (κ3) is 5.12. The van der Waals surface area contributed by atoms with Crippen molar-refractivity contribution in [1.82, 2.24) is 10.0 Å². The predicted molar refractivity (Wildman–Crippen MR) is 99.1 cm³/mol. The number of hydrogen-bond acceptors (Lipinski definition) is 5. The van der Waals surface area contributed by atoms with Crippen LogP contribution >= 0.6 is 0 Å². The second-order valence-electron chi connectivity index (χ2n) is 6.64. The summed E-state index contributed by atoms with van der Waals surface area (Å²) in [6, 6.07) is 12.3. The van der Waals surface area contributed by atoms with Crippen LogP contribution in [0.3, 0.4) is 0 Å². The summed E-state index contributed by atoms with van der Waals surface area (Å²) >= 11 is 0. The third-order valence-electron chi connectivity index (χ3n) is 4.57. The van der Waals surface area contributed by atoms with E-state index in [9.17, 15) is 17.9 Å².